The molecular weight excluding hydrogens is 293 g/mol. The molecule has 0 aromatic heterocycles. The van der Waals surface area contributed by atoms with E-state index in [0.29, 0.717) is 17.7 Å². The summed E-state index contributed by atoms with van der Waals surface area (Å²) in [6.07, 6.45) is 0. The molecule has 1 amide bonds. The van der Waals surface area contributed by atoms with Crippen LogP contribution in [0.3, 0.4) is 0 Å². The number of aromatic hydroxyl groups is 1. The maximum atomic E-state index is 11.6. The highest BCUT2D eigenvalue weighted by atomic mass is 127. The van der Waals surface area contributed by atoms with Gasteiger partial charge in [-0.05, 0) is 19.1 Å². The van der Waals surface area contributed by atoms with Gasteiger partial charge in [-0.3, -0.25) is 4.79 Å². The summed E-state index contributed by atoms with van der Waals surface area (Å²) in [4.78, 5) is 11.6. The third kappa shape index (κ3) is 2.60. The minimum Gasteiger partial charge on any atom is -0.508 e. The van der Waals surface area contributed by atoms with Crippen LogP contribution in [-0.4, -0.2) is 22.0 Å². The minimum atomic E-state index is -0.130. The standard InChI is InChI=1S/C10H12INO2/c1-7-8(3-2-4-9(7)13)10(14)12-6-5-11/h2-4,13H,5-6H2,1H3,(H,12,14). The predicted octanol–water partition coefficient (Wildman–Crippen LogP) is 1.87. The van der Waals surface area contributed by atoms with Gasteiger partial charge in [0.2, 0.25) is 0 Å². The zero-order valence-electron chi connectivity index (χ0n) is 7.88. The molecular formula is C10H12INO2. The zero-order valence-corrected chi connectivity index (χ0v) is 10.0. The van der Waals surface area contributed by atoms with Gasteiger partial charge in [0.15, 0.2) is 0 Å². The van der Waals surface area contributed by atoms with Gasteiger partial charge in [0, 0.05) is 22.1 Å². The van der Waals surface area contributed by atoms with E-state index in [9.17, 15) is 9.90 Å². The van der Waals surface area contributed by atoms with Crippen LogP contribution in [0, 0.1) is 6.92 Å². The summed E-state index contributed by atoms with van der Waals surface area (Å²) in [7, 11) is 0. The predicted molar refractivity (Wildman–Crippen MR) is 64.1 cm³/mol. The zero-order chi connectivity index (χ0) is 10.6. The summed E-state index contributed by atoms with van der Waals surface area (Å²) in [5.74, 6) is 0.0298. The van der Waals surface area contributed by atoms with Crippen LogP contribution in [-0.2, 0) is 0 Å². The second-order valence-corrected chi connectivity index (χ2v) is 3.97. The molecule has 0 spiro atoms. The molecule has 0 atom stereocenters. The highest BCUT2D eigenvalue weighted by molar-refractivity contribution is 14.1. The van der Waals surface area contributed by atoms with E-state index in [1.807, 2.05) is 0 Å². The topological polar surface area (TPSA) is 49.3 Å². The summed E-state index contributed by atoms with van der Waals surface area (Å²) in [6, 6.07) is 4.95. The third-order valence-electron chi connectivity index (χ3n) is 1.93. The molecule has 1 rings (SSSR count). The van der Waals surface area contributed by atoms with E-state index in [1.54, 1.807) is 25.1 Å². The van der Waals surface area contributed by atoms with Crippen molar-refractivity contribution in [3.8, 4) is 5.75 Å². The maximum absolute atomic E-state index is 11.6. The van der Waals surface area contributed by atoms with Gasteiger partial charge >= 0.3 is 0 Å². The van der Waals surface area contributed by atoms with E-state index in [1.165, 1.54) is 0 Å². The molecule has 0 saturated carbocycles. The Morgan fingerprint density at radius 2 is 2.29 bits per heavy atom. The summed E-state index contributed by atoms with van der Waals surface area (Å²) in [5, 5.41) is 12.2. The number of amides is 1. The summed E-state index contributed by atoms with van der Waals surface area (Å²) in [6.45, 7) is 2.38. The van der Waals surface area contributed by atoms with Crippen molar-refractivity contribution in [1.82, 2.24) is 5.32 Å². The molecule has 3 nitrogen and oxygen atoms in total. The lowest BCUT2D eigenvalue weighted by atomic mass is 10.1. The van der Waals surface area contributed by atoms with Gasteiger partial charge in [-0.15, -0.1) is 0 Å². The number of nitrogens with one attached hydrogen (secondary N) is 1. The van der Waals surface area contributed by atoms with E-state index in [-0.39, 0.29) is 11.7 Å². The lowest BCUT2D eigenvalue weighted by Gasteiger charge is -2.07. The lowest BCUT2D eigenvalue weighted by molar-refractivity contribution is 0.0955. The van der Waals surface area contributed by atoms with E-state index in [2.05, 4.69) is 27.9 Å². The van der Waals surface area contributed by atoms with Gasteiger partial charge < -0.3 is 10.4 Å². The monoisotopic (exact) mass is 305 g/mol. The molecule has 4 heteroatoms. The number of carbonyl (C=O) groups excluding carboxylic acids is 1. The number of benzene rings is 1. The second-order valence-electron chi connectivity index (χ2n) is 2.89. The minimum absolute atomic E-state index is 0.130. The Morgan fingerprint density at radius 1 is 1.57 bits per heavy atom. The molecule has 0 fully saturated rings. The van der Waals surface area contributed by atoms with Gasteiger partial charge in [-0.1, -0.05) is 28.7 Å². The number of phenolic OH excluding ortho intramolecular Hbond substituents is 1. The number of alkyl halides is 1. The van der Waals surface area contributed by atoms with Crippen LogP contribution in [0.15, 0.2) is 18.2 Å². The highest BCUT2D eigenvalue weighted by Gasteiger charge is 2.09. The second kappa shape index (κ2) is 5.19. The van der Waals surface area contributed by atoms with Crippen LogP contribution in [0.5, 0.6) is 5.75 Å². The van der Waals surface area contributed by atoms with Crippen molar-refractivity contribution in [3.63, 3.8) is 0 Å². The molecule has 0 radical (unpaired) electrons. The maximum Gasteiger partial charge on any atom is 0.251 e. The van der Waals surface area contributed by atoms with Crippen molar-refractivity contribution in [2.45, 2.75) is 6.92 Å². The van der Waals surface area contributed by atoms with Crippen LogP contribution in [0.2, 0.25) is 0 Å². The van der Waals surface area contributed by atoms with Crippen LogP contribution < -0.4 is 5.32 Å². The molecule has 0 unspecified atom stereocenters. The van der Waals surface area contributed by atoms with E-state index >= 15 is 0 Å². The Morgan fingerprint density at radius 3 is 2.93 bits per heavy atom. The van der Waals surface area contributed by atoms with Gasteiger partial charge in [0.05, 0.1) is 0 Å². The SMILES string of the molecule is Cc1c(O)cccc1C(=O)NCCI. The average Bonchev–Trinajstić information content (AvgIpc) is 2.18. The molecule has 2 N–H and O–H groups in total. The Bertz CT molecular complexity index is 339. The fourth-order valence-corrected chi connectivity index (χ4v) is 1.40. The summed E-state index contributed by atoms with van der Waals surface area (Å²) < 4.78 is 0.876. The third-order valence-corrected chi connectivity index (χ3v) is 2.47. The average molecular weight is 305 g/mol. The van der Waals surface area contributed by atoms with Crippen LogP contribution in [0.4, 0.5) is 0 Å². The Kier molecular flexibility index (Phi) is 4.19. The van der Waals surface area contributed by atoms with Gasteiger partial charge in [-0.2, -0.15) is 0 Å². The van der Waals surface area contributed by atoms with Crippen LogP contribution >= 0.6 is 22.6 Å². The molecule has 1 aromatic rings. The number of carbonyl (C=O) groups is 1. The van der Waals surface area contributed by atoms with Crippen molar-refractivity contribution in [3.05, 3.63) is 29.3 Å². The van der Waals surface area contributed by atoms with Crippen molar-refractivity contribution in [2.24, 2.45) is 0 Å². The highest BCUT2D eigenvalue weighted by Crippen LogP contribution is 2.19. The molecule has 1 aromatic carbocycles. The van der Waals surface area contributed by atoms with Crippen molar-refractivity contribution in [2.75, 3.05) is 11.0 Å². The number of hydrogen-bond donors (Lipinski definition) is 2. The molecule has 0 bridgehead atoms. The summed E-state index contributed by atoms with van der Waals surface area (Å²) in [5.41, 5.74) is 1.16. The van der Waals surface area contributed by atoms with Crippen LogP contribution in [0.25, 0.3) is 0 Å². The lowest BCUT2D eigenvalue weighted by Crippen LogP contribution is -2.25. The summed E-state index contributed by atoms with van der Waals surface area (Å²) >= 11 is 2.19. The first-order valence-electron chi connectivity index (χ1n) is 4.29. The van der Waals surface area contributed by atoms with Crippen molar-refractivity contribution in [1.29, 1.82) is 0 Å². The normalized spacial score (nSPS) is 9.86. The molecule has 0 aliphatic carbocycles. The van der Waals surface area contributed by atoms with Gasteiger partial charge in [0.25, 0.3) is 5.91 Å². The number of halogens is 1. The first kappa shape index (κ1) is 11.3. The Balaban J connectivity index is 2.84. The number of phenols is 1. The van der Waals surface area contributed by atoms with Crippen molar-refractivity contribution < 1.29 is 9.90 Å². The van der Waals surface area contributed by atoms with E-state index < -0.39 is 0 Å². The van der Waals surface area contributed by atoms with Gasteiger partial charge in [0.1, 0.15) is 5.75 Å². The quantitative estimate of drug-likeness (QED) is 0.661. The molecule has 0 saturated heterocycles. The Hall–Kier alpha value is -0.780. The Labute approximate surface area is 96.7 Å². The first-order valence-corrected chi connectivity index (χ1v) is 5.82. The molecule has 0 aliphatic rings. The van der Waals surface area contributed by atoms with Gasteiger partial charge in [-0.25, -0.2) is 0 Å². The molecule has 0 aliphatic heterocycles. The van der Waals surface area contributed by atoms with E-state index in [0.717, 1.165) is 4.43 Å². The first-order chi connectivity index (χ1) is 6.66. The fourth-order valence-electron chi connectivity index (χ4n) is 1.13. The smallest absolute Gasteiger partial charge is 0.251 e. The number of rotatable bonds is 3. The van der Waals surface area contributed by atoms with E-state index in [4.69, 9.17) is 0 Å². The molecule has 76 valence electrons. The molecule has 14 heavy (non-hydrogen) atoms. The largest absolute Gasteiger partial charge is 0.508 e. The van der Waals surface area contributed by atoms with Crippen LogP contribution in [0.1, 0.15) is 15.9 Å². The fraction of sp³-hybridized carbons (Fsp3) is 0.300. The number of hydrogen-bond acceptors (Lipinski definition) is 2. The van der Waals surface area contributed by atoms with Crippen molar-refractivity contribution >= 4 is 28.5 Å². The molecule has 0 heterocycles.